The second-order valence-electron chi connectivity index (χ2n) is 8.41. The summed E-state index contributed by atoms with van der Waals surface area (Å²) >= 11 is 6.31. The van der Waals surface area contributed by atoms with Crippen molar-refractivity contribution in [3.8, 4) is 11.5 Å². The van der Waals surface area contributed by atoms with Crippen molar-refractivity contribution in [2.24, 2.45) is 0 Å². The smallest absolute Gasteiger partial charge is 0.264 e. The number of carbonyl (C=O) groups excluding carboxylic acids is 2. The van der Waals surface area contributed by atoms with Gasteiger partial charge in [-0.15, -0.1) is 0 Å². The monoisotopic (exact) mass is 577 g/mol. The fraction of sp³-hybridized carbons (Fsp3) is 0.259. The van der Waals surface area contributed by atoms with Crippen LogP contribution < -0.4 is 19.1 Å². The van der Waals surface area contributed by atoms with Crippen molar-refractivity contribution < 1.29 is 31.9 Å². The number of halogens is 2. The number of likely N-dealkylation sites (N-methyl/N-ethyl adjacent to an activating group) is 1. The van der Waals surface area contributed by atoms with Gasteiger partial charge in [0.25, 0.3) is 10.0 Å². The average Bonchev–Trinajstić information content (AvgIpc) is 2.94. The first-order valence-electron chi connectivity index (χ1n) is 11.8. The summed E-state index contributed by atoms with van der Waals surface area (Å²) in [4.78, 5) is 27.3. The predicted molar refractivity (Wildman–Crippen MR) is 146 cm³/mol. The van der Waals surface area contributed by atoms with E-state index in [9.17, 15) is 22.4 Å². The molecular formula is C27H29ClFN3O6S. The lowest BCUT2D eigenvalue weighted by molar-refractivity contribution is -0.139. The Balaban J connectivity index is 2.08. The van der Waals surface area contributed by atoms with Gasteiger partial charge >= 0.3 is 0 Å². The van der Waals surface area contributed by atoms with E-state index in [2.05, 4.69) is 5.32 Å². The van der Waals surface area contributed by atoms with Crippen LogP contribution in [0.1, 0.15) is 12.5 Å². The third-order valence-corrected chi connectivity index (χ3v) is 8.19. The zero-order valence-corrected chi connectivity index (χ0v) is 23.4. The molecule has 1 N–H and O–H groups in total. The molecule has 0 heterocycles. The van der Waals surface area contributed by atoms with E-state index in [-0.39, 0.29) is 22.9 Å². The van der Waals surface area contributed by atoms with E-state index in [1.165, 1.54) is 63.4 Å². The van der Waals surface area contributed by atoms with Crippen LogP contribution in [0.25, 0.3) is 0 Å². The van der Waals surface area contributed by atoms with Gasteiger partial charge in [0.15, 0.2) is 11.5 Å². The van der Waals surface area contributed by atoms with Gasteiger partial charge < -0.3 is 19.7 Å². The maximum absolute atomic E-state index is 13.9. The zero-order chi connectivity index (χ0) is 28.7. The Hall–Kier alpha value is -3.83. The lowest BCUT2D eigenvalue weighted by Gasteiger charge is -2.32. The number of rotatable bonds is 11. The highest BCUT2D eigenvalue weighted by Gasteiger charge is 2.33. The molecule has 3 aromatic carbocycles. The summed E-state index contributed by atoms with van der Waals surface area (Å²) in [6.07, 6.45) is 0. The molecule has 39 heavy (non-hydrogen) atoms. The second-order valence-corrected chi connectivity index (χ2v) is 10.7. The Morgan fingerprint density at radius 1 is 1.00 bits per heavy atom. The van der Waals surface area contributed by atoms with Gasteiger partial charge in [-0.25, -0.2) is 12.8 Å². The summed E-state index contributed by atoms with van der Waals surface area (Å²) in [7, 11) is -0.174. The van der Waals surface area contributed by atoms with Crippen LogP contribution in [0.4, 0.5) is 10.1 Å². The molecule has 2 amide bonds. The number of amides is 2. The summed E-state index contributed by atoms with van der Waals surface area (Å²) in [5.41, 5.74) is 0.615. The normalized spacial score (nSPS) is 11.8. The van der Waals surface area contributed by atoms with Crippen molar-refractivity contribution in [1.29, 1.82) is 0 Å². The number of carbonyl (C=O) groups is 2. The van der Waals surface area contributed by atoms with Gasteiger partial charge in [0.1, 0.15) is 18.4 Å². The molecule has 0 bridgehead atoms. The quantitative estimate of drug-likeness (QED) is 0.371. The van der Waals surface area contributed by atoms with Crippen molar-refractivity contribution in [1.82, 2.24) is 10.2 Å². The molecule has 0 aliphatic carbocycles. The van der Waals surface area contributed by atoms with Gasteiger partial charge in [-0.3, -0.25) is 13.9 Å². The third-order valence-electron chi connectivity index (χ3n) is 6.05. The minimum atomic E-state index is -4.38. The minimum absolute atomic E-state index is 0.0461. The van der Waals surface area contributed by atoms with E-state index >= 15 is 0 Å². The van der Waals surface area contributed by atoms with Gasteiger partial charge in [-0.2, -0.15) is 0 Å². The zero-order valence-electron chi connectivity index (χ0n) is 21.9. The molecule has 0 saturated heterocycles. The Labute approximate surface area is 232 Å². The number of nitrogens with zero attached hydrogens (tertiary/aromatic N) is 2. The first-order valence-corrected chi connectivity index (χ1v) is 13.6. The molecule has 12 heteroatoms. The van der Waals surface area contributed by atoms with Gasteiger partial charge in [-0.05, 0) is 55.0 Å². The lowest BCUT2D eigenvalue weighted by atomic mass is 10.1. The summed E-state index contributed by atoms with van der Waals surface area (Å²) in [6.45, 7) is 0.785. The van der Waals surface area contributed by atoms with E-state index < -0.39 is 40.2 Å². The van der Waals surface area contributed by atoms with Crippen LogP contribution in [0.3, 0.4) is 0 Å². The largest absolute Gasteiger partial charge is 0.493 e. The van der Waals surface area contributed by atoms with E-state index in [0.717, 1.165) is 16.4 Å². The number of hydrogen-bond donors (Lipinski definition) is 1. The Kier molecular flexibility index (Phi) is 9.76. The fourth-order valence-corrected chi connectivity index (χ4v) is 5.47. The molecule has 1 atom stereocenters. The highest BCUT2D eigenvalue weighted by molar-refractivity contribution is 7.92. The van der Waals surface area contributed by atoms with Crippen molar-refractivity contribution in [3.05, 3.63) is 83.1 Å². The number of anilines is 1. The van der Waals surface area contributed by atoms with Crippen molar-refractivity contribution in [2.75, 3.05) is 32.1 Å². The molecule has 0 aliphatic heterocycles. The molecule has 3 aromatic rings. The molecule has 0 aliphatic rings. The summed E-state index contributed by atoms with van der Waals surface area (Å²) in [5, 5.41) is 2.89. The minimum Gasteiger partial charge on any atom is -0.493 e. The molecule has 0 aromatic heterocycles. The molecule has 0 saturated carbocycles. The first-order chi connectivity index (χ1) is 18.5. The molecule has 0 spiro atoms. The number of hydrogen-bond acceptors (Lipinski definition) is 6. The molecule has 208 valence electrons. The molecule has 0 radical (unpaired) electrons. The van der Waals surface area contributed by atoms with Crippen molar-refractivity contribution in [3.63, 3.8) is 0 Å². The van der Waals surface area contributed by atoms with E-state index in [0.29, 0.717) is 16.3 Å². The van der Waals surface area contributed by atoms with Crippen molar-refractivity contribution in [2.45, 2.75) is 24.4 Å². The number of sulfonamides is 1. The standard InChI is InChI=1S/C27H29ClFN3O6S/c1-18(27(34)30-2)31(16-19-7-5-6-8-23(19)28)26(33)17-32(21-11-9-20(29)10-12-21)39(35,36)22-13-14-24(37-3)25(15-22)38-4/h5-15,18H,16-17H2,1-4H3,(H,30,34)/t18-/m1/s1. The van der Waals surface area contributed by atoms with Crippen LogP contribution in [-0.2, 0) is 26.2 Å². The van der Waals surface area contributed by atoms with Crippen LogP contribution >= 0.6 is 11.6 Å². The average molecular weight is 578 g/mol. The molecule has 9 nitrogen and oxygen atoms in total. The Bertz CT molecular complexity index is 1440. The van der Waals surface area contributed by atoms with Crippen molar-refractivity contribution >= 4 is 39.1 Å². The van der Waals surface area contributed by atoms with Crippen LogP contribution in [0.15, 0.2) is 71.6 Å². The highest BCUT2D eigenvalue weighted by Crippen LogP contribution is 2.32. The van der Waals surface area contributed by atoms with Crippen LogP contribution in [0, 0.1) is 5.82 Å². The topological polar surface area (TPSA) is 105 Å². The van der Waals surface area contributed by atoms with Gasteiger partial charge in [0, 0.05) is 24.7 Å². The predicted octanol–water partition coefficient (Wildman–Crippen LogP) is 3.85. The van der Waals surface area contributed by atoms with Gasteiger partial charge in [-0.1, -0.05) is 29.8 Å². The molecule has 0 fully saturated rings. The van der Waals surface area contributed by atoms with E-state index in [1.54, 1.807) is 24.3 Å². The fourth-order valence-electron chi connectivity index (χ4n) is 3.84. The summed E-state index contributed by atoms with van der Waals surface area (Å²) in [5.74, 6) is -1.24. The highest BCUT2D eigenvalue weighted by atomic mass is 35.5. The molecule has 3 rings (SSSR count). The number of benzene rings is 3. The van der Waals surface area contributed by atoms with E-state index in [4.69, 9.17) is 21.1 Å². The number of nitrogens with one attached hydrogen (secondary N) is 1. The lowest BCUT2D eigenvalue weighted by Crippen LogP contribution is -2.50. The van der Waals surface area contributed by atoms with Crippen LogP contribution in [0.5, 0.6) is 11.5 Å². The SMILES string of the molecule is CNC(=O)[C@@H](C)N(Cc1ccccc1Cl)C(=O)CN(c1ccc(F)cc1)S(=O)(=O)c1ccc(OC)c(OC)c1. The summed E-state index contributed by atoms with van der Waals surface area (Å²) < 4.78 is 52.8. The van der Waals surface area contributed by atoms with Crippen LogP contribution in [0.2, 0.25) is 5.02 Å². The first kappa shape index (κ1) is 29.7. The molecular weight excluding hydrogens is 549 g/mol. The maximum atomic E-state index is 13.9. The second kappa shape index (κ2) is 12.8. The Morgan fingerprint density at radius 3 is 2.23 bits per heavy atom. The molecule has 0 unspecified atom stereocenters. The van der Waals surface area contributed by atoms with Crippen LogP contribution in [-0.4, -0.2) is 59.0 Å². The van der Waals surface area contributed by atoms with Gasteiger partial charge in [0.2, 0.25) is 11.8 Å². The summed E-state index contributed by atoms with van der Waals surface area (Å²) in [6, 6.07) is 14.5. The third kappa shape index (κ3) is 6.79. The van der Waals surface area contributed by atoms with Gasteiger partial charge in [0.05, 0.1) is 24.8 Å². The maximum Gasteiger partial charge on any atom is 0.264 e. The number of methoxy groups -OCH3 is 2. The number of ether oxygens (including phenoxy) is 2. The Morgan fingerprint density at radius 2 is 1.64 bits per heavy atom. The van der Waals surface area contributed by atoms with E-state index in [1.807, 2.05) is 0 Å².